The van der Waals surface area contributed by atoms with Crippen LogP contribution >= 0.6 is 0 Å². The first-order chi connectivity index (χ1) is 20.1. The van der Waals surface area contributed by atoms with Gasteiger partial charge in [0.2, 0.25) is 22.4 Å². The van der Waals surface area contributed by atoms with Crippen LogP contribution in [0.15, 0.2) is 35.6 Å². The number of carboxylic acid groups (broad SMARTS) is 3. The Kier molecular flexibility index (Phi) is 9.06. The van der Waals surface area contributed by atoms with Crippen LogP contribution in [-0.4, -0.2) is 127 Å². The van der Waals surface area contributed by atoms with E-state index in [0.29, 0.717) is 5.56 Å². The standard InChI is InChI=1S/C24H26N2O16S/c27-15-7-13-10(6-16(15)41-24-20(30)19(29)18(28)17(42-24)8-40-43(37,38)39)5-14(23(35)36)26(13)2-1-9-3-11(21(31)32)25-12(4-9)22(33)34/h1-3,6-7,12,14,17-20,24,28-30H,4-5,8H2,(H5,27,31,32,33,34,35,36,37,38,39)/t12-,14+,17-,18+,19-,20-,24+/m0/s1. The van der Waals surface area contributed by atoms with E-state index in [-0.39, 0.29) is 35.5 Å². The van der Waals surface area contributed by atoms with E-state index in [1.807, 2.05) is 0 Å². The molecule has 1 aromatic rings. The maximum atomic E-state index is 12.0. The van der Waals surface area contributed by atoms with Crippen LogP contribution < -0.4 is 10.1 Å². The Bertz CT molecular complexity index is 1520. The van der Waals surface area contributed by atoms with Gasteiger partial charge in [0, 0.05) is 18.1 Å². The van der Waals surface area contributed by atoms with Crippen molar-refractivity contribution in [2.45, 2.75) is 55.6 Å². The molecule has 18 nitrogen and oxygen atoms in total. The van der Waals surface area contributed by atoms with Crippen LogP contribution in [0.4, 0.5) is 5.69 Å². The van der Waals surface area contributed by atoms with E-state index in [0.717, 1.165) is 6.07 Å². The zero-order valence-electron chi connectivity index (χ0n) is 21.7. The second kappa shape index (κ2) is 12.2. The molecular formula is C24H26N2O16S. The first-order valence-corrected chi connectivity index (χ1v) is 13.7. The molecule has 8 N–H and O–H groups in total. The van der Waals surface area contributed by atoms with Crippen molar-refractivity contribution in [1.82, 2.24) is 5.32 Å². The lowest BCUT2D eigenvalue weighted by Gasteiger charge is -2.40. The van der Waals surface area contributed by atoms with E-state index in [1.54, 1.807) is 0 Å². The number of carboxylic acids is 3. The molecule has 0 radical (unpaired) electrons. The lowest BCUT2D eigenvalue weighted by Crippen LogP contribution is -2.60. The zero-order valence-corrected chi connectivity index (χ0v) is 22.5. The van der Waals surface area contributed by atoms with Gasteiger partial charge in [-0.15, -0.1) is 0 Å². The number of nitrogens with zero attached hydrogens (tertiary/aromatic N) is 1. The number of aromatic hydroxyl groups is 1. The van der Waals surface area contributed by atoms with Crippen LogP contribution in [0.25, 0.3) is 0 Å². The molecule has 3 aliphatic heterocycles. The van der Waals surface area contributed by atoms with Crippen LogP contribution in [0.3, 0.4) is 0 Å². The number of hydrogen-bond acceptors (Lipinski definition) is 14. The Balaban J connectivity index is 1.63. The van der Waals surface area contributed by atoms with Gasteiger partial charge in [0.15, 0.2) is 17.7 Å². The molecule has 0 amide bonds. The summed E-state index contributed by atoms with van der Waals surface area (Å²) in [5.41, 5.74) is 0.390. The molecule has 0 spiro atoms. The lowest BCUT2D eigenvalue weighted by molar-refractivity contribution is -0.456. The van der Waals surface area contributed by atoms with Crippen molar-refractivity contribution >= 4 is 40.2 Å². The van der Waals surface area contributed by atoms with Crippen molar-refractivity contribution in [3.8, 4) is 11.5 Å². The van der Waals surface area contributed by atoms with Gasteiger partial charge in [0.1, 0.15) is 36.2 Å². The SMILES string of the molecule is O=C(O)C1=C/C(=C\C=[N+]2c3cc(O)c(O[C@@H]4O[C@@H](COS(=O)(=O)[O-])[C@@H](O)[C@H](O)[C@@H]4O)cc3C[C@@H]2C(=O)O)C[C@@H](C(=O)O)N1. The van der Waals surface area contributed by atoms with E-state index >= 15 is 0 Å². The smallest absolute Gasteiger partial charge is 0.373 e. The molecule has 7 atom stereocenters. The highest BCUT2D eigenvalue weighted by Crippen LogP contribution is 2.40. The predicted molar refractivity (Wildman–Crippen MR) is 135 cm³/mol. The largest absolute Gasteiger partial charge is 0.726 e. The zero-order chi connectivity index (χ0) is 31.8. The Morgan fingerprint density at radius 2 is 1.77 bits per heavy atom. The number of carbonyl (C=O) groups is 3. The van der Waals surface area contributed by atoms with Crippen LogP contribution in [0.2, 0.25) is 0 Å². The maximum absolute atomic E-state index is 12.0. The number of allylic oxidation sites excluding steroid dienone is 2. The Hall–Kier alpha value is -4.11. The van der Waals surface area contributed by atoms with Crippen molar-refractivity contribution < 1.29 is 81.3 Å². The van der Waals surface area contributed by atoms with Gasteiger partial charge in [-0.1, -0.05) is 0 Å². The fourth-order valence-corrected chi connectivity index (χ4v) is 5.02. The van der Waals surface area contributed by atoms with Crippen molar-refractivity contribution in [3.05, 3.63) is 41.1 Å². The summed E-state index contributed by atoms with van der Waals surface area (Å²) in [5.74, 6) is -4.92. The number of nitrogens with one attached hydrogen (secondary N) is 1. The van der Waals surface area contributed by atoms with Crippen LogP contribution in [0.5, 0.6) is 11.5 Å². The molecule has 0 bridgehead atoms. The first-order valence-electron chi connectivity index (χ1n) is 12.4. The summed E-state index contributed by atoms with van der Waals surface area (Å²) in [7, 11) is -5.19. The summed E-state index contributed by atoms with van der Waals surface area (Å²) in [6.45, 7) is -1.03. The lowest BCUT2D eigenvalue weighted by atomic mass is 9.99. The number of aliphatic carboxylic acids is 3. The van der Waals surface area contributed by atoms with Crippen molar-refractivity contribution in [2.75, 3.05) is 6.61 Å². The molecule has 19 heteroatoms. The summed E-state index contributed by atoms with van der Waals surface area (Å²) in [4.78, 5) is 34.9. The molecule has 1 saturated heterocycles. The molecule has 1 aromatic carbocycles. The summed E-state index contributed by atoms with van der Waals surface area (Å²) < 4.78 is 48.4. The molecule has 234 valence electrons. The second-order valence-corrected chi connectivity index (χ2v) is 10.8. The van der Waals surface area contributed by atoms with Gasteiger partial charge in [0.05, 0.1) is 19.1 Å². The van der Waals surface area contributed by atoms with Gasteiger partial charge in [-0.05, 0) is 17.7 Å². The van der Waals surface area contributed by atoms with E-state index in [4.69, 9.17) is 9.47 Å². The average Bonchev–Trinajstić information content (AvgIpc) is 3.28. The number of fused-ring (bicyclic) bond motifs is 1. The number of phenols is 1. The minimum atomic E-state index is -5.19. The van der Waals surface area contributed by atoms with Gasteiger partial charge in [0.25, 0.3) is 6.04 Å². The summed E-state index contributed by atoms with van der Waals surface area (Å²) >= 11 is 0. The average molecular weight is 631 g/mol. The van der Waals surface area contributed by atoms with Gasteiger partial charge in [-0.2, -0.15) is 4.58 Å². The van der Waals surface area contributed by atoms with Crippen molar-refractivity contribution in [3.63, 3.8) is 0 Å². The second-order valence-electron chi connectivity index (χ2n) is 9.73. The van der Waals surface area contributed by atoms with Gasteiger partial charge in [-0.25, -0.2) is 22.8 Å². The molecule has 4 rings (SSSR count). The maximum Gasteiger partial charge on any atom is 0.373 e. The number of aliphatic hydroxyl groups is 3. The third kappa shape index (κ3) is 7.10. The molecule has 43 heavy (non-hydrogen) atoms. The summed E-state index contributed by atoms with van der Waals surface area (Å²) in [5, 5.41) is 72.0. The number of hydrogen-bond donors (Lipinski definition) is 8. The number of phenolic OH excluding ortho intramolecular Hbond substituents is 1. The van der Waals surface area contributed by atoms with Crippen LogP contribution in [0.1, 0.15) is 12.0 Å². The molecular weight excluding hydrogens is 604 g/mol. The number of aliphatic hydroxyl groups excluding tert-OH is 3. The summed E-state index contributed by atoms with van der Waals surface area (Å²) in [6.07, 6.45) is -5.63. The molecule has 0 unspecified atom stereocenters. The molecule has 3 aliphatic rings. The number of benzene rings is 1. The highest BCUT2D eigenvalue weighted by Gasteiger charge is 2.46. The van der Waals surface area contributed by atoms with Gasteiger partial charge < -0.3 is 55.1 Å². The Morgan fingerprint density at radius 1 is 1.07 bits per heavy atom. The quantitative estimate of drug-likeness (QED) is 0.0772. The Labute approximate surface area is 241 Å². The third-order valence-corrected chi connectivity index (χ3v) is 7.26. The highest BCUT2D eigenvalue weighted by atomic mass is 32.3. The van der Waals surface area contributed by atoms with E-state index < -0.39 is 83.5 Å². The third-order valence-electron chi connectivity index (χ3n) is 6.84. The van der Waals surface area contributed by atoms with E-state index in [2.05, 4.69) is 9.50 Å². The monoisotopic (exact) mass is 630 g/mol. The molecule has 3 heterocycles. The molecule has 0 aliphatic carbocycles. The van der Waals surface area contributed by atoms with Crippen LogP contribution in [-0.2, 0) is 40.1 Å². The van der Waals surface area contributed by atoms with Crippen molar-refractivity contribution in [2.24, 2.45) is 0 Å². The minimum absolute atomic E-state index is 0.115. The van der Waals surface area contributed by atoms with Gasteiger partial charge in [-0.3, -0.25) is 4.18 Å². The molecule has 0 aromatic heterocycles. The minimum Gasteiger partial charge on any atom is -0.726 e. The topological polar surface area (TPSA) is 293 Å². The Morgan fingerprint density at radius 3 is 2.37 bits per heavy atom. The molecule has 1 fully saturated rings. The van der Waals surface area contributed by atoms with E-state index in [9.17, 15) is 63.1 Å². The molecule has 0 saturated carbocycles. The van der Waals surface area contributed by atoms with Crippen molar-refractivity contribution in [1.29, 1.82) is 0 Å². The normalized spacial score (nSPS) is 30.8. The van der Waals surface area contributed by atoms with E-state index in [1.165, 1.54) is 29.0 Å². The fourth-order valence-electron chi connectivity index (χ4n) is 4.71. The summed E-state index contributed by atoms with van der Waals surface area (Å²) in [6, 6.07) is -0.121. The fraction of sp³-hybridized carbons (Fsp3) is 0.417. The number of rotatable bonds is 9. The van der Waals surface area contributed by atoms with Gasteiger partial charge >= 0.3 is 17.9 Å². The predicted octanol–water partition coefficient (Wildman–Crippen LogP) is -2.88. The highest BCUT2D eigenvalue weighted by molar-refractivity contribution is 7.80. The number of ether oxygens (including phenoxy) is 2. The van der Waals surface area contributed by atoms with Crippen LogP contribution in [0, 0.1) is 0 Å². The first kappa shape index (κ1) is 31.8.